The van der Waals surface area contributed by atoms with Crippen molar-refractivity contribution in [1.82, 2.24) is 4.98 Å². The zero-order valence-corrected chi connectivity index (χ0v) is 17.0. The molecule has 3 fully saturated rings. The molecule has 0 aromatic carbocycles. The molecule has 0 saturated heterocycles. The molecule has 0 radical (unpaired) electrons. The molecule has 5 rings (SSSR count). The van der Waals surface area contributed by atoms with Gasteiger partial charge in [-0.05, 0) is 85.3 Å². The molecule has 0 spiro atoms. The fourth-order valence-corrected chi connectivity index (χ4v) is 7.16. The Hall–Kier alpha value is -1.74. The first-order valence-corrected chi connectivity index (χ1v) is 11.0. The van der Waals surface area contributed by atoms with Gasteiger partial charge in [0.05, 0.1) is 11.8 Å². The van der Waals surface area contributed by atoms with Crippen molar-refractivity contribution in [3.8, 4) is 0 Å². The number of aliphatic hydroxyl groups is 1. The van der Waals surface area contributed by atoms with Crippen LogP contribution in [0, 0.1) is 28.6 Å². The topological polar surface area (TPSA) is 50.2 Å². The number of pyridine rings is 1. The first-order chi connectivity index (χ1) is 13.4. The van der Waals surface area contributed by atoms with Gasteiger partial charge in [0.25, 0.3) is 0 Å². The first-order valence-electron chi connectivity index (χ1n) is 11.0. The number of Topliss-reactive ketones (excluding diaryl/α,β-unsaturated/α-hetero) is 1. The van der Waals surface area contributed by atoms with Gasteiger partial charge in [-0.15, -0.1) is 0 Å². The van der Waals surface area contributed by atoms with Crippen molar-refractivity contribution in [3.05, 3.63) is 47.3 Å². The molecular weight excluding hydrogens is 346 g/mol. The average Bonchev–Trinajstić information content (AvgIpc) is 2.94. The van der Waals surface area contributed by atoms with Crippen molar-refractivity contribution in [1.29, 1.82) is 0 Å². The summed E-state index contributed by atoms with van der Waals surface area (Å²) in [6, 6.07) is 5.90. The lowest BCUT2D eigenvalue weighted by molar-refractivity contribution is -0.115. The average molecular weight is 378 g/mol. The summed E-state index contributed by atoms with van der Waals surface area (Å²) in [5.74, 6) is 2.01. The second kappa shape index (κ2) is 6.38. The van der Waals surface area contributed by atoms with Gasteiger partial charge in [0.1, 0.15) is 0 Å². The number of rotatable bonds is 1. The van der Waals surface area contributed by atoms with Crippen molar-refractivity contribution in [2.24, 2.45) is 28.6 Å². The van der Waals surface area contributed by atoms with Gasteiger partial charge in [-0.1, -0.05) is 31.6 Å². The number of ketones is 1. The Kier molecular flexibility index (Phi) is 4.17. The first kappa shape index (κ1) is 18.3. The third kappa shape index (κ3) is 2.58. The second-order valence-corrected chi connectivity index (χ2v) is 10.1. The zero-order chi connectivity index (χ0) is 19.5. The van der Waals surface area contributed by atoms with Gasteiger partial charge in [0.15, 0.2) is 5.78 Å². The van der Waals surface area contributed by atoms with Crippen LogP contribution in [0.5, 0.6) is 0 Å². The maximum absolute atomic E-state index is 13.1. The molecule has 0 amide bonds. The van der Waals surface area contributed by atoms with E-state index in [1.807, 2.05) is 18.2 Å². The van der Waals surface area contributed by atoms with E-state index in [4.69, 9.17) is 0 Å². The predicted octanol–water partition coefficient (Wildman–Crippen LogP) is 4.97. The van der Waals surface area contributed by atoms with Crippen LogP contribution in [0.4, 0.5) is 0 Å². The Morgan fingerprint density at radius 3 is 2.71 bits per heavy atom. The van der Waals surface area contributed by atoms with Gasteiger partial charge in [-0.3, -0.25) is 9.78 Å². The van der Waals surface area contributed by atoms with Crippen molar-refractivity contribution in [2.75, 3.05) is 0 Å². The molecule has 0 aliphatic heterocycles. The number of fused-ring (bicyclic) bond motifs is 5. The van der Waals surface area contributed by atoms with Crippen LogP contribution in [-0.4, -0.2) is 22.0 Å². The molecule has 3 nitrogen and oxygen atoms in total. The van der Waals surface area contributed by atoms with Crippen LogP contribution in [0.1, 0.15) is 64.5 Å². The Labute approximate surface area is 168 Å². The quantitative estimate of drug-likeness (QED) is 0.555. The molecule has 1 N–H and O–H groups in total. The Balaban J connectivity index is 1.50. The van der Waals surface area contributed by atoms with Crippen LogP contribution in [-0.2, 0) is 4.79 Å². The molecule has 1 aromatic heterocycles. The normalized spacial score (nSPS) is 43.9. The maximum atomic E-state index is 13.1. The number of carbonyl (C=O) groups is 1. The Morgan fingerprint density at radius 2 is 1.93 bits per heavy atom. The molecule has 4 aliphatic rings. The third-order valence-corrected chi connectivity index (χ3v) is 8.77. The molecule has 6 atom stereocenters. The van der Waals surface area contributed by atoms with E-state index < -0.39 is 0 Å². The van der Waals surface area contributed by atoms with E-state index in [9.17, 15) is 9.90 Å². The Bertz CT molecular complexity index is 857. The molecule has 0 bridgehead atoms. The standard InChI is InChI=1S/C25H31NO2/c1-24-10-8-18(27)13-16(24)6-7-19-20(24)9-11-25(2)21(19)15-23(28)22(25)14-17-5-3-4-12-26-17/h3-6,12,14,18-21,27H,7-11,13,15H2,1-2H3/b22-14-/t18-,19+,20-,21-,24-,25-/m0/s1. The highest BCUT2D eigenvalue weighted by Gasteiger charge is 2.59. The fourth-order valence-electron chi connectivity index (χ4n) is 7.16. The number of carbonyl (C=O) groups excluding carboxylic acids is 1. The lowest BCUT2D eigenvalue weighted by atomic mass is 9.48. The van der Waals surface area contributed by atoms with E-state index in [0.717, 1.165) is 43.4 Å². The van der Waals surface area contributed by atoms with Crippen molar-refractivity contribution >= 4 is 11.9 Å². The summed E-state index contributed by atoms with van der Waals surface area (Å²) < 4.78 is 0. The molecule has 3 saturated carbocycles. The number of allylic oxidation sites excluding steroid dienone is 2. The second-order valence-electron chi connectivity index (χ2n) is 10.1. The predicted molar refractivity (Wildman–Crippen MR) is 110 cm³/mol. The maximum Gasteiger partial charge on any atom is 0.159 e. The minimum absolute atomic E-state index is 0.0222. The smallest absolute Gasteiger partial charge is 0.159 e. The van der Waals surface area contributed by atoms with E-state index in [0.29, 0.717) is 30.0 Å². The SMILES string of the molecule is C[C@]12CC[C@H](O)CC1=CC[C@@H]1[C@@H]2CC[C@]2(C)/C(=C\c3ccccn3)C(=O)C[C@@H]12. The monoisotopic (exact) mass is 377 g/mol. The summed E-state index contributed by atoms with van der Waals surface area (Å²) in [6.07, 6.45) is 13.0. The van der Waals surface area contributed by atoms with E-state index in [1.54, 1.807) is 6.20 Å². The van der Waals surface area contributed by atoms with Gasteiger partial charge in [0.2, 0.25) is 0 Å². The summed E-state index contributed by atoms with van der Waals surface area (Å²) in [5, 5.41) is 10.2. The fraction of sp³-hybridized carbons (Fsp3) is 0.600. The van der Waals surface area contributed by atoms with Gasteiger partial charge in [0, 0.05) is 18.2 Å². The molecule has 1 heterocycles. The highest BCUT2D eigenvalue weighted by Crippen LogP contribution is 2.65. The molecule has 28 heavy (non-hydrogen) atoms. The van der Waals surface area contributed by atoms with Crippen LogP contribution in [0.2, 0.25) is 0 Å². The molecule has 0 unspecified atom stereocenters. The van der Waals surface area contributed by atoms with E-state index in [1.165, 1.54) is 12.0 Å². The van der Waals surface area contributed by atoms with Crippen LogP contribution in [0.3, 0.4) is 0 Å². The third-order valence-electron chi connectivity index (χ3n) is 8.77. The van der Waals surface area contributed by atoms with Gasteiger partial charge in [-0.25, -0.2) is 0 Å². The van der Waals surface area contributed by atoms with Crippen LogP contribution < -0.4 is 0 Å². The molecular formula is C25H31NO2. The number of hydrogen-bond acceptors (Lipinski definition) is 3. The molecule has 148 valence electrons. The highest BCUT2D eigenvalue weighted by molar-refractivity contribution is 6.03. The number of aromatic nitrogens is 1. The van der Waals surface area contributed by atoms with Crippen LogP contribution in [0.25, 0.3) is 6.08 Å². The van der Waals surface area contributed by atoms with Gasteiger partial charge < -0.3 is 5.11 Å². The lowest BCUT2D eigenvalue weighted by Crippen LogP contribution is -2.49. The van der Waals surface area contributed by atoms with Crippen molar-refractivity contribution in [3.63, 3.8) is 0 Å². The minimum atomic E-state index is -0.161. The van der Waals surface area contributed by atoms with Crippen LogP contribution in [0.15, 0.2) is 41.6 Å². The zero-order valence-electron chi connectivity index (χ0n) is 17.0. The van der Waals surface area contributed by atoms with E-state index >= 15 is 0 Å². The van der Waals surface area contributed by atoms with Gasteiger partial charge >= 0.3 is 0 Å². The van der Waals surface area contributed by atoms with E-state index in [-0.39, 0.29) is 16.9 Å². The van der Waals surface area contributed by atoms with Crippen molar-refractivity contribution in [2.45, 2.75) is 64.9 Å². The highest BCUT2D eigenvalue weighted by atomic mass is 16.3. The summed E-state index contributed by atoms with van der Waals surface area (Å²) in [6.45, 7) is 4.77. The summed E-state index contributed by atoms with van der Waals surface area (Å²) in [7, 11) is 0. The molecule has 1 aromatic rings. The molecule has 3 heteroatoms. The van der Waals surface area contributed by atoms with Gasteiger partial charge in [-0.2, -0.15) is 0 Å². The molecule has 4 aliphatic carbocycles. The van der Waals surface area contributed by atoms with E-state index in [2.05, 4.69) is 31.0 Å². The lowest BCUT2D eigenvalue weighted by Gasteiger charge is -2.57. The van der Waals surface area contributed by atoms with Crippen LogP contribution >= 0.6 is 0 Å². The summed E-state index contributed by atoms with van der Waals surface area (Å²) in [4.78, 5) is 17.5. The minimum Gasteiger partial charge on any atom is -0.393 e. The largest absolute Gasteiger partial charge is 0.393 e. The van der Waals surface area contributed by atoms with Crippen molar-refractivity contribution < 1.29 is 9.90 Å². The number of hydrogen-bond donors (Lipinski definition) is 1. The number of nitrogens with zero attached hydrogens (tertiary/aromatic N) is 1. The summed E-state index contributed by atoms with van der Waals surface area (Å²) in [5.41, 5.74) is 3.60. The Morgan fingerprint density at radius 1 is 1.11 bits per heavy atom. The number of aliphatic hydroxyl groups excluding tert-OH is 1. The summed E-state index contributed by atoms with van der Waals surface area (Å²) >= 11 is 0.